The molecule has 0 radical (unpaired) electrons. The molecule has 2 aliphatic heterocycles. The molecule has 0 aliphatic carbocycles. The van der Waals surface area contributed by atoms with Gasteiger partial charge in [-0.1, -0.05) is 38.1 Å². The largest absolute Gasteiger partial charge is 0.507 e. The van der Waals surface area contributed by atoms with Crippen molar-refractivity contribution in [3.8, 4) is 11.5 Å². The Bertz CT molecular complexity index is 1610. The van der Waals surface area contributed by atoms with Crippen LogP contribution >= 0.6 is 0 Å². The Morgan fingerprint density at radius 3 is 2.57 bits per heavy atom. The molecule has 2 heterocycles. The summed E-state index contributed by atoms with van der Waals surface area (Å²) in [7, 11) is -7.80. The molecule has 35 heavy (non-hydrogen) atoms. The fourth-order valence-corrected chi connectivity index (χ4v) is 6.29. The number of phenols is 1. The summed E-state index contributed by atoms with van der Waals surface area (Å²) in [5, 5.41) is 13.0. The Morgan fingerprint density at radius 1 is 1.17 bits per heavy atom. The minimum Gasteiger partial charge on any atom is -0.507 e. The monoisotopic (exact) mass is 515 g/mol. The zero-order chi connectivity index (χ0) is 25.1. The molecule has 0 spiro atoms. The first-order valence-corrected chi connectivity index (χ1v) is 14.4. The van der Waals surface area contributed by atoms with E-state index >= 15 is 0 Å². The van der Waals surface area contributed by atoms with E-state index in [1.807, 2.05) is 24.3 Å². The normalized spacial score (nSPS) is 16.2. The second kappa shape index (κ2) is 8.13. The van der Waals surface area contributed by atoms with Gasteiger partial charge in [0, 0.05) is 16.6 Å². The van der Waals surface area contributed by atoms with E-state index in [4.69, 9.17) is 4.74 Å². The van der Waals surface area contributed by atoms with Gasteiger partial charge in [-0.25, -0.2) is 8.42 Å². The van der Waals surface area contributed by atoms with Crippen molar-refractivity contribution in [2.24, 2.45) is 10.3 Å². The van der Waals surface area contributed by atoms with Crippen LogP contribution < -0.4 is 14.4 Å². The summed E-state index contributed by atoms with van der Waals surface area (Å²) in [6.45, 7) is 4.18. The molecule has 0 amide bonds. The lowest BCUT2D eigenvalue weighted by Crippen LogP contribution is -2.42. The molecule has 5 rings (SSSR count). The lowest BCUT2D eigenvalue weighted by atomic mass is 9.92. The number of benzene rings is 3. The summed E-state index contributed by atoms with van der Waals surface area (Å²) in [6, 6.07) is 11.8. The second-order valence-corrected chi connectivity index (χ2v) is 12.5. The van der Waals surface area contributed by atoms with Crippen molar-refractivity contribution in [3.05, 3.63) is 53.6 Å². The van der Waals surface area contributed by atoms with Crippen LogP contribution in [-0.4, -0.2) is 40.8 Å². The lowest BCUT2D eigenvalue weighted by Gasteiger charge is -2.36. The van der Waals surface area contributed by atoms with E-state index in [0.717, 1.165) is 29.0 Å². The molecular weight excluding hydrogens is 490 g/mol. The Morgan fingerprint density at radius 2 is 1.89 bits per heavy atom. The maximum atomic E-state index is 13.2. The number of aryl methyl sites for hydroxylation is 1. The van der Waals surface area contributed by atoms with Crippen LogP contribution in [0.15, 0.2) is 51.8 Å². The number of anilines is 2. The highest BCUT2D eigenvalue weighted by Gasteiger charge is 2.39. The third-order valence-corrected chi connectivity index (χ3v) is 7.98. The number of sulfonamides is 2. The average Bonchev–Trinajstić information content (AvgIpc) is 2.77. The predicted molar refractivity (Wildman–Crippen MR) is 135 cm³/mol. The molecule has 0 atom stereocenters. The first-order chi connectivity index (χ1) is 16.5. The van der Waals surface area contributed by atoms with Crippen LogP contribution in [0.1, 0.15) is 31.4 Å². The number of amidine groups is 1. The van der Waals surface area contributed by atoms with Crippen LogP contribution in [0, 0.1) is 5.92 Å². The predicted octanol–water partition coefficient (Wildman–Crippen LogP) is 3.81. The van der Waals surface area contributed by atoms with Crippen molar-refractivity contribution in [2.45, 2.75) is 31.6 Å². The minimum atomic E-state index is -4.20. The second-order valence-electron chi connectivity index (χ2n) is 9.16. The van der Waals surface area contributed by atoms with Crippen molar-refractivity contribution < 1.29 is 26.7 Å². The summed E-state index contributed by atoms with van der Waals surface area (Å²) < 4.78 is 62.1. The van der Waals surface area contributed by atoms with Crippen molar-refractivity contribution in [1.82, 2.24) is 0 Å². The van der Waals surface area contributed by atoms with Crippen LogP contribution in [0.4, 0.5) is 11.4 Å². The van der Waals surface area contributed by atoms with Crippen molar-refractivity contribution >= 4 is 48.0 Å². The molecule has 3 aromatic rings. The number of nitrogens with zero attached hydrogens (tertiary/aromatic N) is 2. The van der Waals surface area contributed by atoms with E-state index in [1.165, 1.54) is 18.2 Å². The molecule has 0 fully saturated rings. The number of aromatic hydroxyl groups is 1. The van der Waals surface area contributed by atoms with Crippen molar-refractivity contribution in [2.75, 3.05) is 22.6 Å². The molecule has 0 saturated heterocycles. The summed E-state index contributed by atoms with van der Waals surface area (Å²) in [4.78, 5) is 1.42. The standard InChI is InChI=1S/C24H25N3O6S2/c1-14(2)8-10-17-16-6-4-5-7-18(16)23-21(22(17)28)24-26-35(31,32)20-12-15(25-34(3,29)30)9-11-19(20)27(24)13-33-23/h4-7,9,11-12,14,25,28H,8,10,13H2,1-3H3. The van der Waals surface area contributed by atoms with Crippen LogP contribution in [-0.2, 0) is 26.5 Å². The van der Waals surface area contributed by atoms with Gasteiger partial charge in [-0.15, -0.1) is 4.40 Å². The zero-order valence-corrected chi connectivity index (χ0v) is 21.1. The smallest absolute Gasteiger partial charge is 0.286 e. The first-order valence-electron chi connectivity index (χ1n) is 11.1. The van der Waals surface area contributed by atoms with Gasteiger partial charge in [-0.2, -0.15) is 8.42 Å². The van der Waals surface area contributed by atoms with Crippen LogP contribution in [0.3, 0.4) is 0 Å². The molecule has 0 saturated carbocycles. The summed E-state index contributed by atoms with van der Waals surface area (Å²) in [5.74, 6) is 0.829. The van der Waals surface area contributed by atoms with Gasteiger partial charge in [-0.05, 0) is 42.3 Å². The van der Waals surface area contributed by atoms with E-state index in [9.17, 15) is 21.9 Å². The Hall–Kier alpha value is -3.31. The minimum absolute atomic E-state index is 0.0258. The summed E-state index contributed by atoms with van der Waals surface area (Å²) in [5.41, 5.74) is 1.35. The highest BCUT2D eigenvalue weighted by Crippen LogP contribution is 2.47. The van der Waals surface area contributed by atoms with Crippen molar-refractivity contribution in [1.29, 1.82) is 0 Å². The molecule has 2 aliphatic rings. The molecule has 2 N–H and O–H groups in total. The van der Waals surface area contributed by atoms with E-state index in [-0.39, 0.29) is 40.1 Å². The maximum absolute atomic E-state index is 13.2. The summed E-state index contributed by atoms with van der Waals surface area (Å²) >= 11 is 0. The molecular formula is C24H25N3O6S2. The number of fused-ring (bicyclic) bond motifs is 7. The SMILES string of the molecule is CC(C)CCc1c(O)c2c(c3ccccc13)OCN1C2=NS(=O)(=O)c2cc(NS(C)(=O)=O)ccc21. The maximum Gasteiger partial charge on any atom is 0.286 e. The molecule has 0 unspecified atom stereocenters. The quantitative estimate of drug-likeness (QED) is 0.529. The molecule has 0 aromatic heterocycles. The number of phenolic OH excluding ortho intramolecular Hbond substituents is 1. The Labute approximate surface area is 204 Å². The number of ether oxygens (including phenoxy) is 1. The average molecular weight is 516 g/mol. The number of nitrogens with one attached hydrogen (secondary N) is 1. The van der Waals surface area contributed by atoms with Gasteiger partial charge in [-0.3, -0.25) is 9.62 Å². The highest BCUT2D eigenvalue weighted by molar-refractivity contribution is 7.92. The fraction of sp³-hybridized carbons (Fsp3) is 0.292. The molecule has 11 heteroatoms. The third-order valence-electron chi connectivity index (χ3n) is 6.07. The fourth-order valence-electron chi connectivity index (χ4n) is 4.50. The van der Waals surface area contributed by atoms with Gasteiger partial charge in [0.1, 0.15) is 22.0 Å². The topological polar surface area (TPSA) is 125 Å². The van der Waals surface area contributed by atoms with Gasteiger partial charge < -0.3 is 9.84 Å². The number of hydrogen-bond donors (Lipinski definition) is 2. The highest BCUT2D eigenvalue weighted by atomic mass is 32.2. The van der Waals surface area contributed by atoms with Gasteiger partial charge in [0.15, 0.2) is 12.6 Å². The van der Waals surface area contributed by atoms with Gasteiger partial charge >= 0.3 is 0 Å². The van der Waals surface area contributed by atoms with Gasteiger partial charge in [0.2, 0.25) is 10.0 Å². The number of hydrogen-bond acceptors (Lipinski definition) is 7. The van der Waals surface area contributed by atoms with E-state index < -0.39 is 20.0 Å². The van der Waals surface area contributed by atoms with E-state index in [1.54, 1.807) is 4.90 Å². The Kier molecular flexibility index (Phi) is 5.44. The molecule has 3 aromatic carbocycles. The molecule has 0 bridgehead atoms. The van der Waals surface area contributed by atoms with Crippen LogP contribution in [0.25, 0.3) is 10.8 Å². The lowest BCUT2D eigenvalue weighted by molar-refractivity contribution is 0.320. The summed E-state index contributed by atoms with van der Waals surface area (Å²) in [6.07, 6.45) is 2.43. The van der Waals surface area contributed by atoms with E-state index in [0.29, 0.717) is 18.1 Å². The van der Waals surface area contributed by atoms with Crippen LogP contribution in [0.5, 0.6) is 11.5 Å². The molecule has 184 valence electrons. The third kappa shape index (κ3) is 4.08. The first kappa shape index (κ1) is 23.4. The van der Waals surface area contributed by atoms with Gasteiger partial charge in [0.25, 0.3) is 10.0 Å². The molecule has 9 nitrogen and oxygen atoms in total. The Balaban J connectivity index is 1.72. The van der Waals surface area contributed by atoms with Crippen LogP contribution in [0.2, 0.25) is 0 Å². The number of rotatable bonds is 5. The zero-order valence-electron chi connectivity index (χ0n) is 19.4. The van der Waals surface area contributed by atoms with Crippen molar-refractivity contribution in [3.63, 3.8) is 0 Å². The van der Waals surface area contributed by atoms with E-state index in [2.05, 4.69) is 23.0 Å². The van der Waals surface area contributed by atoms with Gasteiger partial charge in [0.05, 0.1) is 11.9 Å².